The number of halogens is 1. The van der Waals surface area contributed by atoms with Crippen LogP contribution in [0.3, 0.4) is 0 Å². The van der Waals surface area contributed by atoms with Gasteiger partial charge in [0, 0.05) is 31.6 Å². The lowest BCUT2D eigenvalue weighted by Gasteiger charge is -2.34. The van der Waals surface area contributed by atoms with Crippen molar-refractivity contribution in [3.63, 3.8) is 0 Å². The molecule has 2 rings (SSSR count). The van der Waals surface area contributed by atoms with Crippen molar-refractivity contribution in [2.24, 2.45) is 0 Å². The average Bonchev–Trinajstić information content (AvgIpc) is 2.49. The fourth-order valence-corrected chi connectivity index (χ4v) is 4.47. The van der Waals surface area contributed by atoms with Crippen LogP contribution in [0.5, 0.6) is 5.75 Å². The molecule has 0 amide bonds. The van der Waals surface area contributed by atoms with E-state index in [0.717, 1.165) is 12.8 Å². The first kappa shape index (κ1) is 16.5. The molecule has 1 atom stereocenters. The lowest BCUT2D eigenvalue weighted by atomic mass is 10.1. The van der Waals surface area contributed by atoms with Gasteiger partial charge in [-0.15, -0.1) is 11.6 Å². The molecule has 0 fully saturated rings. The first-order chi connectivity index (χ1) is 10.1. The maximum Gasteiger partial charge on any atom is 0.243 e. The predicted molar refractivity (Wildman–Crippen MR) is 81.5 cm³/mol. The maximum absolute atomic E-state index is 12.7. The van der Waals surface area contributed by atoms with Crippen LogP contribution in [0.2, 0.25) is 0 Å². The second-order valence-corrected chi connectivity index (χ2v) is 7.14. The van der Waals surface area contributed by atoms with E-state index in [2.05, 4.69) is 0 Å². The number of unbranched alkanes of at least 4 members (excludes halogenated alkanes) is 1. The Morgan fingerprint density at radius 2 is 2.10 bits per heavy atom. The van der Waals surface area contributed by atoms with Crippen LogP contribution in [0.25, 0.3) is 0 Å². The number of alkyl halides is 1. The fourth-order valence-electron chi connectivity index (χ4n) is 2.54. The summed E-state index contributed by atoms with van der Waals surface area (Å²) in [6.45, 7) is 0.750. The summed E-state index contributed by atoms with van der Waals surface area (Å²) < 4.78 is 37.7. The zero-order valence-corrected chi connectivity index (χ0v) is 13.8. The summed E-state index contributed by atoms with van der Waals surface area (Å²) >= 11 is 5.66. The van der Waals surface area contributed by atoms with Gasteiger partial charge in [-0.2, -0.15) is 4.31 Å². The van der Waals surface area contributed by atoms with E-state index in [9.17, 15) is 8.42 Å². The molecule has 0 spiro atoms. The van der Waals surface area contributed by atoms with Gasteiger partial charge >= 0.3 is 0 Å². The number of hydrogen-bond donors (Lipinski definition) is 0. The number of nitrogens with zero attached hydrogens (tertiary/aromatic N) is 1. The molecule has 0 radical (unpaired) electrons. The summed E-state index contributed by atoms with van der Waals surface area (Å²) in [5, 5.41) is 0. The number of fused-ring (bicyclic) bond motifs is 1. The van der Waals surface area contributed by atoms with Gasteiger partial charge in [0.15, 0.2) is 0 Å². The van der Waals surface area contributed by atoms with Gasteiger partial charge in [0.25, 0.3) is 0 Å². The molecule has 0 aromatic heterocycles. The quantitative estimate of drug-likeness (QED) is 0.592. The second-order valence-electron chi connectivity index (χ2n) is 4.86. The molecule has 7 heteroatoms. The van der Waals surface area contributed by atoms with E-state index in [4.69, 9.17) is 21.1 Å². The van der Waals surface area contributed by atoms with Gasteiger partial charge in [0.05, 0.1) is 12.0 Å². The zero-order valence-electron chi connectivity index (χ0n) is 12.2. The van der Waals surface area contributed by atoms with Crippen LogP contribution in [-0.2, 0) is 14.8 Å². The Kier molecular flexibility index (Phi) is 5.48. The van der Waals surface area contributed by atoms with E-state index >= 15 is 0 Å². The second kappa shape index (κ2) is 6.96. The molecule has 0 saturated heterocycles. The lowest BCUT2D eigenvalue weighted by molar-refractivity contribution is 0.0753. The SMILES string of the molecule is COc1cccc2c1C(OC)CN(CCCCCl)S2(=O)=O. The fraction of sp³-hybridized carbons (Fsp3) is 0.571. The van der Waals surface area contributed by atoms with Crippen molar-refractivity contribution in [2.75, 3.05) is 33.2 Å². The highest BCUT2D eigenvalue weighted by molar-refractivity contribution is 7.89. The molecule has 1 aromatic rings. The molecular formula is C14H20ClNO4S. The van der Waals surface area contributed by atoms with Crippen LogP contribution in [-0.4, -0.2) is 45.9 Å². The van der Waals surface area contributed by atoms with Crippen molar-refractivity contribution < 1.29 is 17.9 Å². The molecule has 118 valence electrons. The minimum atomic E-state index is -3.51. The van der Waals surface area contributed by atoms with Crippen molar-refractivity contribution in [2.45, 2.75) is 23.8 Å². The Bertz CT molecular complexity index is 591. The number of methoxy groups -OCH3 is 2. The maximum atomic E-state index is 12.7. The summed E-state index contributed by atoms with van der Waals surface area (Å²) in [6, 6.07) is 5.04. The van der Waals surface area contributed by atoms with Crippen molar-refractivity contribution in [1.82, 2.24) is 4.31 Å². The average molecular weight is 334 g/mol. The van der Waals surface area contributed by atoms with Crippen molar-refractivity contribution in [1.29, 1.82) is 0 Å². The Morgan fingerprint density at radius 3 is 2.71 bits per heavy atom. The third-order valence-corrected chi connectivity index (χ3v) is 5.82. The monoisotopic (exact) mass is 333 g/mol. The van der Waals surface area contributed by atoms with Gasteiger partial charge in [-0.05, 0) is 25.0 Å². The Morgan fingerprint density at radius 1 is 1.33 bits per heavy atom. The molecule has 0 N–H and O–H groups in total. The van der Waals surface area contributed by atoms with Gasteiger partial charge in [-0.1, -0.05) is 6.07 Å². The number of rotatable bonds is 6. The molecule has 1 heterocycles. The van der Waals surface area contributed by atoms with E-state index in [1.807, 2.05) is 0 Å². The highest BCUT2D eigenvalue weighted by Gasteiger charge is 2.38. The van der Waals surface area contributed by atoms with Crippen molar-refractivity contribution >= 4 is 21.6 Å². The minimum Gasteiger partial charge on any atom is -0.496 e. The number of benzene rings is 1. The standard InChI is InChI=1S/C14H20ClNO4S/c1-19-11-6-5-7-13-14(11)12(20-2)10-16(21(13,17)18)9-4-3-8-15/h5-7,12H,3-4,8-10H2,1-2H3. The normalized spacial score (nSPS) is 21.0. The molecular weight excluding hydrogens is 314 g/mol. The molecule has 0 aliphatic carbocycles. The predicted octanol–water partition coefficient (Wildman–Crippen LogP) is 2.41. The highest BCUT2D eigenvalue weighted by Crippen LogP contribution is 2.39. The van der Waals surface area contributed by atoms with Crippen LogP contribution in [0.1, 0.15) is 24.5 Å². The summed E-state index contributed by atoms with van der Waals surface area (Å²) in [5.41, 5.74) is 0.607. The van der Waals surface area contributed by atoms with Gasteiger partial charge < -0.3 is 9.47 Å². The number of sulfonamides is 1. The van der Waals surface area contributed by atoms with Crippen LogP contribution < -0.4 is 4.74 Å². The van der Waals surface area contributed by atoms with Crippen LogP contribution >= 0.6 is 11.6 Å². The molecule has 1 aliphatic rings. The summed E-state index contributed by atoms with van der Waals surface area (Å²) in [7, 11) is -0.400. The van der Waals surface area contributed by atoms with Gasteiger partial charge in [-0.3, -0.25) is 0 Å². The smallest absolute Gasteiger partial charge is 0.243 e. The highest BCUT2D eigenvalue weighted by atomic mass is 35.5. The van der Waals surface area contributed by atoms with E-state index in [0.29, 0.717) is 30.3 Å². The van der Waals surface area contributed by atoms with Crippen molar-refractivity contribution in [3.05, 3.63) is 23.8 Å². The van der Waals surface area contributed by atoms with E-state index < -0.39 is 10.0 Å². The topological polar surface area (TPSA) is 55.8 Å². The largest absolute Gasteiger partial charge is 0.496 e. The molecule has 1 aliphatic heterocycles. The van der Waals surface area contributed by atoms with Crippen LogP contribution in [0, 0.1) is 0 Å². The van der Waals surface area contributed by atoms with E-state index in [1.54, 1.807) is 25.3 Å². The molecule has 21 heavy (non-hydrogen) atoms. The number of hydrogen-bond acceptors (Lipinski definition) is 4. The molecule has 5 nitrogen and oxygen atoms in total. The van der Waals surface area contributed by atoms with Gasteiger partial charge in [0.2, 0.25) is 10.0 Å². The van der Waals surface area contributed by atoms with Crippen LogP contribution in [0.15, 0.2) is 23.1 Å². The Hall–Kier alpha value is -0.820. The summed E-state index contributed by atoms with van der Waals surface area (Å²) in [6.07, 6.45) is 1.20. The van der Waals surface area contributed by atoms with Crippen LogP contribution in [0.4, 0.5) is 0 Å². The summed E-state index contributed by atoms with van der Waals surface area (Å²) in [4.78, 5) is 0.269. The lowest BCUT2D eigenvalue weighted by Crippen LogP contribution is -2.41. The molecule has 0 saturated carbocycles. The first-order valence-electron chi connectivity index (χ1n) is 6.82. The number of ether oxygens (including phenoxy) is 2. The van der Waals surface area contributed by atoms with Gasteiger partial charge in [-0.25, -0.2) is 8.42 Å². The minimum absolute atomic E-state index is 0.269. The van der Waals surface area contributed by atoms with Crippen molar-refractivity contribution in [3.8, 4) is 5.75 Å². The molecule has 1 unspecified atom stereocenters. The van der Waals surface area contributed by atoms with Gasteiger partial charge in [0.1, 0.15) is 11.9 Å². The third kappa shape index (κ3) is 3.18. The summed E-state index contributed by atoms with van der Waals surface area (Å²) in [5.74, 6) is 1.08. The molecule has 1 aromatic carbocycles. The van der Waals surface area contributed by atoms with E-state index in [-0.39, 0.29) is 11.0 Å². The Labute approximate surface area is 130 Å². The third-order valence-electron chi connectivity index (χ3n) is 3.63. The Balaban J connectivity index is 2.42. The van der Waals surface area contributed by atoms with E-state index in [1.165, 1.54) is 11.4 Å². The first-order valence-corrected chi connectivity index (χ1v) is 8.79. The molecule has 0 bridgehead atoms. The zero-order chi connectivity index (χ0) is 15.5.